The highest BCUT2D eigenvalue weighted by Gasteiger charge is 2.20. The molecule has 0 spiro atoms. The van der Waals surface area contributed by atoms with E-state index in [-0.39, 0.29) is 18.2 Å². The van der Waals surface area contributed by atoms with Gasteiger partial charge in [0.1, 0.15) is 0 Å². The fraction of sp³-hybridized carbons (Fsp3) is 0.250. The van der Waals surface area contributed by atoms with Crippen molar-refractivity contribution in [3.8, 4) is 22.8 Å². The topological polar surface area (TPSA) is 90.7 Å². The van der Waals surface area contributed by atoms with Gasteiger partial charge in [0, 0.05) is 17.7 Å². The summed E-state index contributed by atoms with van der Waals surface area (Å²) in [6, 6.07) is 10.6. The molecule has 0 unspecified atom stereocenters. The Bertz CT molecular complexity index is 1150. The highest BCUT2D eigenvalue weighted by atomic mass is 32.2. The lowest BCUT2D eigenvalue weighted by Crippen LogP contribution is -2.24. The molecule has 1 N–H and O–H groups in total. The molecule has 1 aliphatic rings. The largest absolute Gasteiger partial charge is 0.454 e. The molecule has 3 aromatic rings. The van der Waals surface area contributed by atoms with Crippen molar-refractivity contribution in [2.45, 2.75) is 32.2 Å². The lowest BCUT2D eigenvalue weighted by molar-refractivity contribution is 0.174. The number of benzene rings is 2. The van der Waals surface area contributed by atoms with Crippen LogP contribution in [0.2, 0.25) is 0 Å². The molecule has 0 saturated carbocycles. The fourth-order valence-electron chi connectivity index (χ4n) is 3.02. The van der Waals surface area contributed by atoms with Crippen LogP contribution < -0.4 is 14.2 Å². The Morgan fingerprint density at radius 1 is 1.04 bits per heavy atom. The van der Waals surface area contributed by atoms with Crippen LogP contribution >= 0.6 is 0 Å². The molecule has 4 rings (SSSR count). The highest BCUT2D eigenvalue weighted by Crippen LogP contribution is 2.33. The first-order valence-electron chi connectivity index (χ1n) is 8.77. The van der Waals surface area contributed by atoms with Gasteiger partial charge in [-0.3, -0.25) is 0 Å². The fourth-order valence-corrected chi connectivity index (χ4v) is 4.31. The monoisotopic (exact) mass is 400 g/mol. The number of ether oxygens (including phenoxy) is 2. The number of aryl methyl sites for hydroxylation is 2. The summed E-state index contributed by atoms with van der Waals surface area (Å²) in [6.45, 7) is 5.83. The van der Waals surface area contributed by atoms with Gasteiger partial charge in [0.25, 0.3) is 0 Å². The summed E-state index contributed by atoms with van der Waals surface area (Å²) in [5.74, 6) is 1.85. The lowest BCUT2D eigenvalue weighted by Gasteiger charge is -2.11. The quantitative estimate of drug-likeness (QED) is 0.705. The third-order valence-corrected chi connectivity index (χ3v) is 6.34. The van der Waals surface area contributed by atoms with E-state index in [0.717, 1.165) is 16.8 Å². The number of nitrogens with zero attached hydrogens (tertiary/aromatic N) is 1. The predicted molar refractivity (Wildman–Crippen MR) is 103 cm³/mol. The zero-order valence-electron chi connectivity index (χ0n) is 15.8. The molecule has 28 heavy (non-hydrogen) atoms. The Morgan fingerprint density at radius 3 is 2.57 bits per heavy atom. The predicted octanol–water partition coefficient (Wildman–Crippen LogP) is 3.47. The van der Waals surface area contributed by atoms with Crippen molar-refractivity contribution in [2.75, 3.05) is 6.79 Å². The van der Waals surface area contributed by atoms with Crippen molar-refractivity contribution in [1.82, 2.24) is 9.88 Å². The molecule has 0 bridgehead atoms. The van der Waals surface area contributed by atoms with Gasteiger partial charge < -0.3 is 14.0 Å². The molecular weight excluding hydrogens is 380 g/mol. The first-order valence-corrected chi connectivity index (χ1v) is 10.3. The van der Waals surface area contributed by atoms with Crippen molar-refractivity contribution in [1.29, 1.82) is 0 Å². The van der Waals surface area contributed by atoms with Crippen LogP contribution in [0.5, 0.6) is 11.5 Å². The SMILES string of the molecule is Cc1ccc(-c2onc(C)c2C)cc1S(=O)(=O)NCc1ccc2c(c1)OCO2. The average Bonchev–Trinajstić information content (AvgIpc) is 3.27. The maximum Gasteiger partial charge on any atom is 0.241 e. The number of hydrogen-bond acceptors (Lipinski definition) is 6. The van der Waals surface area contributed by atoms with E-state index in [1.807, 2.05) is 19.9 Å². The summed E-state index contributed by atoms with van der Waals surface area (Å²) in [4.78, 5) is 0.208. The Hall–Kier alpha value is -2.84. The maximum atomic E-state index is 12.9. The molecule has 2 heterocycles. The smallest absolute Gasteiger partial charge is 0.241 e. The van der Waals surface area contributed by atoms with Gasteiger partial charge in [0.2, 0.25) is 16.8 Å². The van der Waals surface area contributed by atoms with Gasteiger partial charge in [-0.2, -0.15) is 0 Å². The zero-order valence-corrected chi connectivity index (χ0v) is 16.6. The first kappa shape index (κ1) is 18.5. The summed E-state index contributed by atoms with van der Waals surface area (Å²) in [6.07, 6.45) is 0. The second-order valence-electron chi connectivity index (χ2n) is 6.71. The number of hydrogen-bond donors (Lipinski definition) is 1. The molecule has 0 aliphatic carbocycles. The van der Waals surface area contributed by atoms with Crippen molar-refractivity contribution in [2.24, 2.45) is 0 Å². The van der Waals surface area contributed by atoms with Gasteiger partial charge in [0.15, 0.2) is 17.3 Å². The summed E-state index contributed by atoms with van der Waals surface area (Å²) < 4.78 is 44.5. The molecule has 7 nitrogen and oxygen atoms in total. The molecule has 1 aromatic heterocycles. The summed E-state index contributed by atoms with van der Waals surface area (Å²) >= 11 is 0. The van der Waals surface area contributed by atoms with E-state index < -0.39 is 10.0 Å². The van der Waals surface area contributed by atoms with Crippen molar-refractivity contribution in [3.63, 3.8) is 0 Å². The van der Waals surface area contributed by atoms with Crippen LogP contribution in [-0.4, -0.2) is 20.4 Å². The molecule has 1 aliphatic heterocycles. The van der Waals surface area contributed by atoms with Crippen LogP contribution in [0.15, 0.2) is 45.8 Å². The van der Waals surface area contributed by atoms with E-state index in [1.54, 1.807) is 37.3 Å². The molecule has 8 heteroatoms. The van der Waals surface area contributed by atoms with Gasteiger partial charge in [-0.05, 0) is 50.1 Å². The molecule has 2 aromatic carbocycles. The van der Waals surface area contributed by atoms with E-state index in [4.69, 9.17) is 14.0 Å². The molecule has 0 amide bonds. The summed E-state index contributed by atoms with van der Waals surface area (Å²) in [5.41, 5.74) is 3.77. The Labute approximate surface area is 163 Å². The molecule has 0 saturated heterocycles. The standard InChI is InChI=1S/C20H20N2O5S/c1-12-4-6-16(20-13(2)14(3)22-27-20)9-19(12)28(23,24)21-10-15-5-7-17-18(8-15)26-11-25-17/h4-9,21H,10-11H2,1-3H3. The molecule has 0 atom stereocenters. The summed E-state index contributed by atoms with van der Waals surface area (Å²) in [5, 5.41) is 3.95. The van der Waals surface area contributed by atoms with Crippen LogP contribution in [0.3, 0.4) is 0 Å². The van der Waals surface area contributed by atoms with E-state index in [9.17, 15) is 8.42 Å². The van der Waals surface area contributed by atoms with E-state index >= 15 is 0 Å². The molecule has 146 valence electrons. The van der Waals surface area contributed by atoms with Crippen LogP contribution in [0.4, 0.5) is 0 Å². The third kappa shape index (κ3) is 3.36. The molecule has 0 radical (unpaired) electrons. The Balaban J connectivity index is 1.60. The number of nitrogens with one attached hydrogen (secondary N) is 1. The number of rotatable bonds is 5. The normalized spacial score (nSPS) is 13.1. The van der Waals surface area contributed by atoms with Crippen LogP contribution in [0.1, 0.15) is 22.4 Å². The first-order chi connectivity index (χ1) is 13.3. The minimum Gasteiger partial charge on any atom is -0.454 e. The average molecular weight is 400 g/mol. The van der Waals surface area contributed by atoms with Gasteiger partial charge in [-0.15, -0.1) is 0 Å². The van der Waals surface area contributed by atoms with Gasteiger partial charge >= 0.3 is 0 Å². The highest BCUT2D eigenvalue weighted by molar-refractivity contribution is 7.89. The van der Waals surface area contributed by atoms with Crippen LogP contribution in [-0.2, 0) is 16.6 Å². The Kier molecular flexibility index (Phi) is 4.60. The minimum atomic E-state index is -3.72. The van der Waals surface area contributed by atoms with E-state index in [2.05, 4.69) is 9.88 Å². The Morgan fingerprint density at radius 2 is 1.82 bits per heavy atom. The van der Waals surface area contributed by atoms with Crippen molar-refractivity contribution in [3.05, 3.63) is 58.8 Å². The van der Waals surface area contributed by atoms with Crippen molar-refractivity contribution >= 4 is 10.0 Å². The number of fused-ring (bicyclic) bond motifs is 1. The lowest BCUT2D eigenvalue weighted by atomic mass is 10.1. The number of aromatic nitrogens is 1. The second-order valence-corrected chi connectivity index (χ2v) is 8.45. The second kappa shape index (κ2) is 6.96. The maximum absolute atomic E-state index is 12.9. The van der Waals surface area contributed by atoms with Gasteiger partial charge in [0.05, 0.1) is 10.6 Å². The van der Waals surface area contributed by atoms with Gasteiger partial charge in [-0.25, -0.2) is 13.1 Å². The summed E-state index contributed by atoms with van der Waals surface area (Å²) in [7, 11) is -3.72. The van der Waals surface area contributed by atoms with Crippen molar-refractivity contribution < 1.29 is 22.4 Å². The van der Waals surface area contributed by atoms with E-state index in [1.165, 1.54) is 0 Å². The molecular formula is C20H20N2O5S. The van der Waals surface area contributed by atoms with Crippen LogP contribution in [0, 0.1) is 20.8 Å². The molecule has 0 fully saturated rings. The third-order valence-electron chi connectivity index (χ3n) is 4.80. The van der Waals surface area contributed by atoms with E-state index in [0.29, 0.717) is 28.4 Å². The van der Waals surface area contributed by atoms with Gasteiger partial charge in [-0.1, -0.05) is 23.4 Å². The number of sulfonamides is 1. The minimum absolute atomic E-state index is 0.142. The zero-order chi connectivity index (χ0) is 19.9. The van der Waals surface area contributed by atoms with Crippen LogP contribution in [0.25, 0.3) is 11.3 Å².